The van der Waals surface area contributed by atoms with Crippen molar-refractivity contribution in [3.8, 4) is 11.8 Å². The third kappa shape index (κ3) is 4.51. The van der Waals surface area contributed by atoms with Gasteiger partial charge in [0.05, 0.1) is 18.0 Å². The highest BCUT2D eigenvalue weighted by Crippen LogP contribution is 2.36. The number of carbonyl (C=O) groups is 2. The maximum absolute atomic E-state index is 13.2. The smallest absolute Gasteiger partial charge is 0.275 e. The second-order valence-electron chi connectivity index (χ2n) is 7.63. The zero-order chi connectivity index (χ0) is 22.8. The van der Waals surface area contributed by atoms with Gasteiger partial charge < -0.3 is 5.32 Å². The molecule has 32 heavy (non-hydrogen) atoms. The molecule has 2 aromatic carbocycles. The number of carbonyl (C=O) groups excluding carboxylic acids is 2. The minimum atomic E-state index is -1.59. The lowest BCUT2D eigenvalue weighted by Crippen LogP contribution is -2.65. The van der Waals surface area contributed by atoms with E-state index in [2.05, 4.69) is 26.9 Å². The van der Waals surface area contributed by atoms with Crippen molar-refractivity contribution in [3.05, 3.63) is 76.8 Å². The molecular formula is C22H18ClFN6O2. The summed E-state index contributed by atoms with van der Waals surface area (Å²) in [6, 6.07) is 14.5. The van der Waals surface area contributed by atoms with Gasteiger partial charge in [0, 0.05) is 11.4 Å². The Labute approximate surface area is 188 Å². The molecule has 1 aliphatic rings. The summed E-state index contributed by atoms with van der Waals surface area (Å²) in [4.78, 5) is 26.4. The van der Waals surface area contributed by atoms with Crippen LogP contribution in [0.2, 0.25) is 5.02 Å². The van der Waals surface area contributed by atoms with E-state index in [4.69, 9.17) is 11.6 Å². The second kappa shape index (κ2) is 8.49. The van der Waals surface area contributed by atoms with E-state index in [0.29, 0.717) is 35.4 Å². The zero-order valence-corrected chi connectivity index (χ0v) is 17.5. The first kappa shape index (κ1) is 21.6. The lowest BCUT2D eigenvalue weighted by molar-refractivity contribution is -0.114. The van der Waals surface area contributed by atoms with E-state index in [1.54, 1.807) is 24.3 Å². The predicted molar refractivity (Wildman–Crippen MR) is 113 cm³/mol. The van der Waals surface area contributed by atoms with Crippen molar-refractivity contribution < 1.29 is 14.0 Å². The van der Waals surface area contributed by atoms with Crippen molar-refractivity contribution in [1.82, 2.24) is 25.6 Å². The number of nitrogens with zero attached hydrogens (tertiary/aromatic N) is 4. The minimum Gasteiger partial charge on any atom is -0.326 e. The summed E-state index contributed by atoms with van der Waals surface area (Å²) in [5.41, 5.74) is -1.46. The van der Waals surface area contributed by atoms with Crippen molar-refractivity contribution in [2.75, 3.05) is 0 Å². The average molecular weight is 453 g/mol. The summed E-state index contributed by atoms with van der Waals surface area (Å²) >= 11 is 6.27. The van der Waals surface area contributed by atoms with E-state index < -0.39 is 22.9 Å². The minimum absolute atomic E-state index is 0.0252. The Morgan fingerprint density at radius 3 is 2.62 bits per heavy atom. The van der Waals surface area contributed by atoms with E-state index in [1.807, 2.05) is 0 Å². The van der Waals surface area contributed by atoms with E-state index in [-0.39, 0.29) is 12.1 Å². The van der Waals surface area contributed by atoms with Crippen LogP contribution >= 0.6 is 11.6 Å². The molecule has 1 aromatic heterocycles. The van der Waals surface area contributed by atoms with E-state index in [9.17, 15) is 19.2 Å². The SMILES string of the molecule is N#CC1(N[C@@](C=O)(Cc2ccccc2Cl)NC(=O)c2cnn(-c3ccc(F)cc3)n2)CC1. The topological polar surface area (TPSA) is 113 Å². The van der Waals surface area contributed by atoms with Crippen LogP contribution in [0.15, 0.2) is 54.7 Å². The van der Waals surface area contributed by atoms with Crippen LogP contribution in [0.25, 0.3) is 5.69 Å². The Hall–Kier alpha value is -3.61. The van der Waals surface area contributed by atoms with Crippen LogP contribution in [0.3, 0.4) is 0 Å². The number of hydrogen-bond donors (Lipinski definition) is 2. The van der Waals surface area contributed by atoms with Gasteiger partial charge in [0.1, 0.15) is 11.4 Å². The number of benzene rings is 2. The molecule has 162 valence electrons. The molecule has 0 spiro atoms. The second-order valence-corrected chi connectivity index (χ2v) is 8.03. The van der Waals surface area contributed by atoms with E-state index >= 15 is 0 Å². The first-order chi connectivity index (χ1) is 15.4. The monoisotopic (exact) mass is 452 g/mol. The molecule has 0 saturated heterocycles. The fourth-order valence-corrected chi connectivity index (χ4v) is 3.51. The Bertz CT molecular complexity index is 1200. The maximum atomic E-state index is 13.2. The fourth-order valence-electron chi connectivity index (χ4n) is 3.31. The molecule has 0 unspecified atom stereocenters. The average Bonchev–Trinajstić information content (AvgIpc) is 3.38. The largest absolute Gasteiger partial charge is 0.326 e. The molecule has 3 aromatic rings. The number of rotatable bonds is 8. The molecule has 1 amide bonds. The Morgan fingerprint density at radius 1 is 1.28 bits per heavy atom. The molecule has 0 aliphatic heterocycles. The van der Waals surface area contributed by atoms with Gasteiger partial charge in [-0.25, -0.2) is 4.39 Å². The van der Waals surface area contributed by atoms with Gasteiger partial charge in [-0.1, -0.05) is 29.8 Å². The van der Waals surface area contributed by atoms with Crippen LogP contribution in [0.4, 0.5) is 4.39 Å². The van der Waals surface area contributed by atoms with Crippen molar-refractivity contribution >= 4 is 23.8 Å². The molecule has 1 heterocycles. The predicted octanol–water partition coefficient (Wildman–Crippen LogP) is 2.57. The highest BCUT2D eigenvalue weighted by atomic mass is 35.5. The number of aromatic nitrogens is 3. The number of halogens is 2. The van der Waals surface area contributed by atoms with Gasteiger partial charge in [-0.3, -0.25) is 14.9 Å². The zero-order valence-electron chi connectivity index (χ0n) is 16.8. The number of aldehydes is 1. The summed E-state index contributed by atoms with van der Waals surface area (Å²) in [5.74, 6) is -1.08. The highest BCUT2D eigenvalue weighted by Gasteiger charge is 2.50. The molecule has 1 atom stereocenters. The summed E-state index contributed by atoms with van der Waals surface area (Å²) in [6.45, 7) is 0. The lowest BCUT2D eigenvalue weighted by atomic mass is 9.98. The first-order valence-corrected chi connectivity index (χ1v) is 10.2. The molecular weight excluding hydrogens is 435 g/mol. The van der Waals surface area contributed by atoms with Crippen molar-refractivity contribution in [2.45, 2.75) is 30.5 Å². The summed E-state index contributed by atoms with van der Waals surface area (Å²) in [5, 5.41) is 23.8. The first-order valence-electron chi connectivity index (χ1n) is 9.79. The Morgan fingerprint density at radius 2 is 2.00 bits per heavy atom. The van der Waals surface area contributed by atoms with Crippen molar-refractivity contribution in [3.63, 3.8) is 0 Å². The van der Waals surface area contributed by atoms with E-state index in [0.717, 1.165) is 0 Å². The van der Waals surface area contributed by atoms with Gasteiger partial charge in [-0.05, 0) is 48.7 Å². The van der Waals surface area contributed by atoms with Gasteiger partial charge in [-0.2, -0.15) is 15.2 Å². The van der Waals surface area contributed by atoms with Crippen LogP contribution in [-0.4, -0.2) is 38.4 Å². The summed E-state index contributed by atoms with van der Waals surface area (Å²) in [6.07, 6.45) is 2.94. The number of hydrogen-bond acceptors (Lipinski definition) is 6. The van der Waals surface area contributed by atoms with Crippen molar-refractivity contribution in [1.29, 1.82) is 5.26 Å². The molecule has 0 radical (unpaired) electrons. The number of nitriles is 1. The molecule has 8 nitrogen and oxygen atoms in total. The maximum Gasteiger partial charge on any atom is 0.275 e. The third-order valence-corrected chi connectivity index (χ3v) is 5.54. The van der Waals surface area contributed by atoms with Crippen LogP contribution in [-0.2, 0) is 11.2 Å². The van der Waals surface area contributed by atoms with Gasteiger partial charge in [-0.15, -0.1) is 5.10 Å². The van der Waals surface area contributed by atoms with Crippen LogP contribution in [0.1, 0.15) is 28.9 Å². The quantitative estimate of drug-likeness (QED) is 0.401. The Kier molecular flexibility index (Phi) is 5.74. The van der Waals surface area contributed by atoms with Crippen LogP contribution in [0, 0.1) is 17.1 Å². The van der Waals surface area contributed by atoms with Gasteiger partial charge in [0.15, 0.2) is 17.6 Å². The molecule has 1 fully saturated rings. The summed E-state index contributed by atoms with van der Waals surface area (Å²) in [7, 11) is 0. The van der Waals surface area contributed by atoms with Gasteiger partial charge >= 0.3 is 0 Å². The molecule has 2 N–H and O–H groups in total. The molecule has 1 aliphatic carbocycles. The number of nitrogens with one attached hydrogen (secondary N) is 2. The van der Waals surface area contributed by atoms with Crippen molar-refractivity contribution in [2.24, 2.45) is 0 Å². The third-order valence-electron chi connectivity index (χ3n) is 5.17. The normalized spacial score (nSPS) is 15.9. The summed E-state index contributed by atoms with van der Waals surface area (Å²) < 4.78 is 13.2. The highest BCUT2D eigenvalue weighted by molar-refractivity contribution is 6.31. The standard InChI is InChI=1S/C22H18ClFN6O2/c23-18-4-2-1-3-15(18)11-22(14-31,29-21(13-25)9-10-21)27-20(32)19-12-26-30(28-19)17-7-5-16(24)6-8-17/h1-8,12,14,29H,9-11H2,(H,27,32)/t22-/m1/s1. The van der Waals surface area contributed by atoms with Crippen LogP contribution < -0.4 is 10.6 Å². The Balaban J connectivity index is 1.61. The number of amides is 1. The fraction of sp³-hybridized carbons (Fsp3) is 0.227. The van der Waals surface area contributed by atoms with E-state index in [1.165, 1.54) is 35.3 Å². The lowest BCUT2D eigenvalue weighted by Gasteiger charge is -2.32. The van der Waals surface area contributed by atoms with Gasteiger partial charge in [0.25, 0.3) is 5.91 Å². The van der Waals surface area contributed by atoms with Gasteiger partial charge in [0.2, 0.25) is 0 Å². The molecule has 0 bridgehead atoms. The molecule has 10 heteroatoms. The van der Waals surface area contributed by atoms with Crippen LogP contribution in [0.5, 0.6) is 0 Å². The molecule has 4 rings (SSSR count). The molecule has 1 saturated carbocycles.